The first-order valence-electron chi connectivity index (χ1n) is 8.71. The second-order valence-corrected chi connectivity index (χ2v) is 6.93. The van der Waals surface area contributed by atoms with Crippen LogP contribution in [-0.4, -0.2) is 23.0 Å². The normalized spacial score (nSPS) is 11.6. The van der Waals surface area contributed by atoms with Crippen molar-refractivity contribution in [2.24, 2.45) is 0 Å². The zero-order chi connectivity index (χ0) is 20.1. The van der Waals surface area contributed by atoms with Crippen LogP contribution >= 0.6 is 11.3 Å². The fraction of sp³-hybridized carbons (Fsp3) is 0.200. The highest BCUT2D eigenvalue weighted by molar-refractivity contribution is 7.14. The number of hydrogen-bond donors (Lipinski definition) is 1. The lowest BCUT2D eigenvalue weighted by atomic mass is 10.1. The van der Waals surface area contributed by atoms with E-state index in [9.17, 15) is 14.8 Å². The van der Waals surface area contributed by atoms with Gasteiger partial charge in [0.1, 0.15) is 0 Å². The van der Waals surface area contributed by atoms with E-state index in [1.54, 1.807) is 0 Å². The van der Waals surface area contributed by atoms with Crippen LogP contribution in [0.25, 0.3) is 11.3 Å². The van der Waals surface area contributed by atoms with Gasteiger partial charge in [0.15, 0.2) is 23.6 Å². The minimum absolute atomic E-state index is 0.193. The van der Waals surface area contributed by atoms with Crippen LogP contribution in [0.4, 0.5) is 5.13 Å². The van der Waals surface area contributed by atoms with Gasteiger partial charge in [0.05, 0.1) is 11.3 Å². The summed E-state index contributed by atoms with van der Waals surface area (Å²) in [5, 5.41) is 15.9. The van der Waals surface area contributed by atoms with Gasteiger partial charge < -0.3 is 9.94 Å². The van der Waals surface area contributed by atoms with Gasteiger partial charge in [-0.15, -0.1) is 11.3 Å². The molecule has 8 heteroatoms. The van der Waals surface area contributed by atoms with Gasteiger partial charge in [-0.2, -0.15) is 4.73 Å². The Labute approximate surface area is 166 Å². The molecule has 1 atom stereocenters. The van der Waals surface area contributed by atoms with Gasteiger partial charge in [0.2, 0.25) is 0 Å². The molecule has 3 aromatic rings. The van der Waals surface area contributed by atoms with Crippen LogP contribution in [-0.2, 0) is 16.0 Å². The monoisotopic (exact) mass is 397 g/mol. The quantitative estimate of drug-likeness (QED) is 0.392. The Kier molecular flexibility index (Phi) is 6.00. The standard InChI is InChI=1S/C20H19N3O4S/c1-3-14-4-6-15(7-5-14)17-12-28-20(21-17)22-18(24)13(2)27-19(25)16-8-10-23(26)11-9-16/h4-13H,3H2,1-2H3,(H,21,22,24)/t13-/m1/s1. The summed E-state index contributed by atoms with van der Waals surface area (Å²) in [6.07, 6.45) is 2.33. The summed E-state index contributed by atoms with van der Waals surface area (Å²) in [6, 6.07) is 10.7. The molecule has 144 valence electrons. The van der Waals surface area contributed by atoms with Crippen LogP contribution in [0, 0.1) is 5.21 Å². The number of hydrogen-bond acceptors (Lipinski definition) is 6. The predicted molar refractivity (Wildman–Crippen MR) is 106 cm³/mol. The summed E-state index contributed by atoms with van der Waals surface area (Å²) in [5.74, 6) is -1.16. The Bertz CT molecular complexity index is 968. The van der Waals surface area contributed by atoms with Gasteiger partial charge in [0.25, 0.3) is 5.91 Å². The molecule has 7 nitrogen and oxygen atoms in total. The Morgan fingerprint density at radius 2 is 1.89 bits per heavy atom. The predicted octanol–water partition coefficient (Wildman–Crippen LogP) is 3.19. The number of thiazole rings is 1. The molecule has 0 spiro atoms. The van der Waals surface area contributed by atoms with E-state index in [4.69, 9.17) is 4.74 Å². The molecule has 3 rings (SSSR count). The molecule has 0 bridgehead atoms. The molecule has 2 heterocycles. The lowest BCUT2D eigenvalue weighted by Crippen LogP contribution is -2.30. The van der Waals surface area contributed by atoms with Crippen LogP contribution < -0.4 is 10.0 Å². The first kappa shape index (κ1) is 19.5. The SMILES string of the molecule is CCc1ccc(-c2csc(NC(=O)[C@@H](C)OC(=O)c3cc[n+]([O-])cc3)n2)cc1. The third kappa shape index (κ3) is 4.72. The fourth-order valence-electron chi connectivity index (χ4n) is 2.41. The number of amides is 1. The van der Waals surface area contributed by atoms with E-state index in [-0.39, 0.29) is 5.56 Å². The summed E-state index contributed by atoms with van der Waals surface area (Å²) in [7, 11) is 0. The number of aryl methyl sites for hydroxylation is 1. The van der Waals surface area contributed by atoms with E-state index in [2.05, 4.69) is 17.2 Å². The molecule has 0 aliphatic rings. The second kappa shape index (κ2) is 8.62. The van der Waals surface area contributed by atoms with Crippen LogP contribution in [0.2, 0.25) is 0 Å². The molecule has 0 saturated carbocycles. The Hall–Kier alpha value is -3.26. The molecule has 28 heavy (non-hydrogen) atoms. The third-order valence-electron chi connectivity index (χ3n) is 4.08. The number of rotatable bonds is 6. The van der Waals surface area contributed by atoms with Crippen LogP contribution in [0.1, 0.15) is 29.8 Å². The maximum Gasteiger partial charge on any atom is 0.339 e. The highest BCUT2D eigenvalue weighted by atomic mass is 32.1. The molecular weight excluding hydrogens is 378 g/mol. The number of anilines is 1. The van der Waals surface area contributed by atoms with Gasteiger partial charge in [-0.25, -0.2) is 9.78 Å². The maximum absolute atomic E-state index is 12.3. The zero-order valence-electron chi connectivity index (χ0n) is 15.4. The number of aromatic nitrogens is 2. The summed E-state index contributed by atoms with van der Waals surface area (Å²) < 4.78 is 5.70. The Morgan fingerprint density at radius 3 is 2.54 bits per heavy atom. The summed E-state index contributed by atoms with van der Waals surface area (Å²) in [6.45, 7) is 3.57. The zero-order valence-corrected chi connectivity index (χ0v) is 16.2. The van der Waals surface area contributed by atoms with Crippen molar-refractivity contribution in [3.63, 3.8) is 0 Å². The molecule has 1 aromatic carbocycles. The molecule has 0 fully saturated rings. The van der Waals surface area contributed by atoms with E-state index in [0.29, 0.717) is 9.86 Å². The molecule has 2 aromatic heterocycles. The van der Waals surface area contributed by atoms with Gasteiger partial charge in [0, 0.05) is 23.1 Å². The van der Waals surface area contributed by atoms with Crippen molar-refractivity contribution in [3.8, 4) is 11.3 Å². The summed E-state index contributed by atoms with van der Waals surface area (Å²) in [4.78, 5) is 28.7. The third-order valence-corrected chi connectivity index (χ3v) is 4.84. The van der Waals surface area contributed by atoms with Crippen molar-refractivity contribution >= 4 is 28.3 Å². The number of ether oxygens (including phenoxy) is 1. The lowest BCUT2D eigenvalue weighted by molar-refractivity contribution is -0.605. The lowest BCUT2D eigenvalue weighted by Gasteiger charge is -2.12. The Morgan fingerprint density at radius 1 is 1.21 bits per heavy atom. The topological polar surface area (TPSA) is 95.2 Å². The van der Waals surface area contributed by atoms with Gasteiger partial charge in [-0.05, 0) is 18.9 Å². The number of carbonyl (C=O) groups excluding carboxylic acids is 2. The number of nitrogens with one attached hydrogen (secondary N) is 1. The van der Waals surface area contributed by atoms with E-state index < -0.39 is 18.0 Å². The van der Waals surface area contributed by atoms with Gasteiger partial charge >= 0.3 is 5.97 Å². The van der Waals surface area contributed by atoms with Crippen molar-refractivity contribution < 1.29 is 19.1 Å². The summed E-state index contributed by atoms with van der Waals surface area (Å²) >= 11 is 1.30. The van der Waals surface area contributed by atoms with Crippen LogP contribution in [0.5, 0.6) is 0 Å². The first-order chi connectivity index (χ1) is 13.5. The van der Waals surface area contributed by atoms with Crippen LogP contribution in [0.15, 0.2) is 54.2 Å². The van der Waals surface area contributed by atoms with E-state index in [1.807, 2.05) is 29.6 Å². The van der Waals surface area contributed by atoms with Crippen molar-refractivity contribution in [1.82, 2.24) is 4.98 Å². The fourth-order valence-corrected chi connectivity index (χ4v) is 3.14. The van der Waals surface area contributed by atoms with E-state index >= 15 is 0 Å². The minimum Gasteiger partial charge on any atom is -0.619 e. The largest absolute Gasteiger partial charge is 0.619 e. The van der Waals surface area contributed by atoms with Crippen molar-refractivity contribution in [2.45, 2.75) is 26.4 Å². The minimum atomic E-state index is -1.01. The Balaban J connectivity index is 1.60. The smallest absolute Gasteiger partial charge is 0.339 e. The molecule has 1 N–H and O–H groups in total. The van der Waals surface area contributed by atoms with Gasteiger partial charge in [-0.1, -0.05) is 31.2 Å². The molecule has 0 saturated heterocycles. The van der Waals surface area contributed by atoms with Crippen molar-refractivity contribution in [3.05, 3.63) is 70.5 Å². The van der Waals surface area contributed by atoms with Gasteiger partial charge in [-0.3, -0.25) is 10.1 Å². The first-order valence-corrected chi connectivity index (χ1v) is 9.59. The molecule has 0 aliphatic carbocycles. The highest BCUT2D eigenvalue weighted by Crippen LogP contribution is 2.25. The number of nitrogens with zero attached hydrogens (tertiary/aromatic N) is 2. The number of benzene rings is 1. The highest BCUT2D eigenvalue weighted by Gasteiger charge is 2.20. The van der Waals surface area contributed by atoms with Crippen molar-refractivity contribution in [1.29, 1.82) is 0 Å². The number of pyridine rings is 1. The van der Waals surface area contributed by atoms with E-state index in [0.717, 1.165) is 17.7 Å². The average molecular weight is 397 g/mol. The average Bonchev–Trinajstić information content (AvgIpc) is 3.17. The van der Waals surface area contributed by atoms with E-state index in [1.165, 1.54) is 48.4 Å². The molecular formula is C20H19N3O4S. The van der Waals surface area contributed by atoms with Crippen molar-refractivity contribution in [2.75, 3.05) is 5.32 Å². The number of carbonyl (C=O) groups is 2. The second-order valence-electron chi connectivity index (χ2n) is 6.07. The molecule has 0 aliphatic heterocycles. The van der Waals surface area contributed by atoms with Crippen LogP contribution in [0.3, 0.4) is 0 Å². The molecule has 1 amide bonds. The molecule has 0 unspecified atom stereocenters. The maximum atomic E-state index is 12.3. The molecule has 0 radical (unpaired) electrons. The summed E-state index contributed by atoms with van der Waals surface area (Å²) in [5.41, 5.74) is 3.17. The number of esters is 1.